The fourth-order valence-electron chi connectivity index (χ4n) is 2.18. The molecule has 5 nitrogen and oxygen atoms in total. The van der Waals surface area contributed by atoms with Gasteiger partial charge in [-0.2, -0.15) is 25.8 Å². The highest BCUT2D eigenvalue weighted by atomic mass is 32.2. The molecule has 0 aliphatic rings. The normalized spacial score (nSPS) is 11.2. The van der Waals surface area contributed by atoms with Gasteiger partial charge in [0.05, 0.1) is 16.5 Å². The lowest BCUT2D eigenvalue weighted by Crippen LogP contribution is -2.25. The van der Waals surface area contributed by atoms with Crippen molar-refractivity contribution >= 4 is 27.5 Å². The quantitative estimate of drug-likeness (QED) is 0.675. The van der Waals surface area contributed by atoms with Gasteiger partial charge in [0.2, 0.25) is 9.84 Å². The summed E-state index contributed by atoms with van der Waals surface area (Å²) < 4.78 is 47.7. The predicted molar refractivity (Wildman–Crippen MR) is 99.3 cm³/mol. The van der Waals surface area contributed by atoms with E-state index in [1.807, 2.05) is 12.1 Å². The van der Waals surface area contributed by atoms with E-state index in [9.17, 15) is 22.0 Å². The molecule has 0 aromatic heterocycles. The SMILES string of the molecule is N#Cc1ccccc1CSCCNC(=O)c1ccc(S(=O)(=O)C(F)F)cc1. The third-order valence-electron chi connectivity index (χ3n) is 3.61. The van der Waals surface area contributed by atoms with Gasteiger partial charge in [-0.05, 0) is 35.9 Å². The van der Waals surface area contributed by atoms with Gasteiger partial charge >= 0.3 is 5.76 Å². The third kappa shape index (κ3) is 5.52. The van der Waals surface area contributed by atoms with Crippen molar-refractivity contribution in [3.8, 4) is 6.07 Å². The summed E-state index contributed by atoms with van der Waals surface area (Å²) in [6, 6.07) is 13.8. The first kappa shape index (κ1) is 20.9. The minimum atomic E-state index is -4.67. The predicted octanol–water partition coefficient (Wildman–Crippen LogP) is 3.22. The van der Waals surface area contributed by atoms with Crippen LogP contribution >= 0.6 is 11.8 Å². The van der Waals surface area contributed by atoms with Crippen LogP contribution in [0.15, 0.2) is 53.4 Å². The van der Waals surface area contributed by atoms with Gasteiger partial charge in [-0.25, -0.2) is 8.42 Å². The summed E-state index contributed by atoms with van der Waals surface area (Å²) in [4.78, 5) is 11.5. The van der Waals surface area contributed by atoms with E-state index in [0.717, 1.165) is 17.7 Å². The number of hydrogen-bond donors (Lipinski definition) is 1. The zero-order valence-electron chi connectivity index (χ0n) is 14.1. The van der Waals surface area contributed by atoms with E-state index in [2.05, 4.69) is 11.4 Å². The molecule has 142 valence electrons. The summed E-state index contributed by atoms with van der Waals surface area (Å²) in [7, 11) is -4.67. The van der Waals surface area contributed by atoms with Gasteiger partial charge in [0.25, 0.3) is 5.91 Å². The number of carbonyl (C=O) groups is 1. The standard InChI is InChI=1S/C18H16F2N2O3S2/c19-18(20)27(24,25)16-7-5-13(6-8-16)17(23)22-9-10-26-12-15-4-2-1-3-14(15)11-21/h1-8,18H,9-10,12H2,(H,22,23). The number of rotatable bonds is 8. The summed E-state index contributed by atoms with van der Waals surface area (Å²) in [6.45, 7) is 0.370. The van der Waals surface area contributed by atoms with Crippen molar-refractivity contribution in [1.82, 2.24) is 5.32 Å². The highest BCUT2D eigenvalue weighted by molar-refractivity contribution is 7.98. The first-order valence-electron chi connectivity index (χ1n) is 7.82. The summed E-state index contributed by atoms with van der Waals surface area (Å²) in [5, 5.41) is 11.7. The maximum absolute atomic E-state index is 12.5. The first-order valence-corrected chi connectivity index (χ1v) is 10.5. The molecule has 0 radical (unpaired) electrons. The Labute approximate surface area is 160 Å². The molecule has 0 saturated heterocycles. The average Bonchev–Trinajstić information content (AvgIpc) is 2.67. The molecule has 27 heavy (non-hydrogen) atoms. The van der Waals surface area contributed by atoms with Crippen LogP contribution in [0.3, 0.4) is 0 Å². The van der Waals surface area contributed by atoms with Gasteiger partial charge in [-0.15, -0.1) is 0 Å². The van der Waals surface area contributed by atoms with Gasteiger partial charge in [-0.1, -0.05) is 18.2 Å². The van der Waals surface area contributed by atoms with Crippen LogP contribution in [0.25, 0.3) is 0 Å². The van der Waals surface area contributed by atoms with Crippen LogP contribution in [0.1, 0.15) is 21.5 Å². The number of halogens is 2. The number of sulfone groups is 1. The molecule has 0 bridgehead atoms. The Morgan fingerprint density at radius 1 is 1.15 bits per heavy atom. The molecule has 2 rings (SSSR count). The number of benzene rings is 2. The van der Waals surface area contributed by atoms with E-state index in [1.54, 1.807) is 23.9 Å². The van der Waals surface area contributed by atoms with Crippen molar-refractivity contribution in [2.75, 3.05) is 12.3 Å². The molecule has 0 unspecified atom stereocenters. The van der Waals surface area contributed by atoms with Crippen LogP contribution < -0.4 is 5.32 Å². The molecule has 0 fully saturated rings. The largest absolute Gasteiger partial charge is 0.351 e. The number of amides is 1. The molecule has 1 N–H and O–H groups in total. The fraction of sp³-hybridized carbons (Fsp3) is 0.222. The molecule has 9 heteroatoms. The van der Waals surface area contributed by atoms with Gasteiger partial charge in [0.1, 0.15) is 0 Å². The monoisotopic (exact) mass is 410 g/mol. The second-order valence-corrected chi connectivity index (χ2v) is 8.43. The van der Waals surface area contributed by atoms with Crippen LogP contribution in [0, 0.1) is 11.3 Å². The van der Waals surface area contributed by atoms with Crippen molar-refractivity contribution in [2.24, 2.45) is 0 Å². The van der Waals surface area contributed by atoms with Crippen LogP contribution in [0.5, 0.6) is 0 Å². The van der Waals surface area contributed by atoms with Crippen molar-refractivity contribution in [1.29, 1.82) is 5.26 Å². The number of carbonyl (C=O) groups excluding carboxylic acids is 1. The summed E-state index contributed by atoms with van der Waals surface area (Å²) >= 11 is 1.55. The maximum Gasteiger partial charge on any atom is 0.341 e. The van der Waals surface area contributed by atoms with Crippen molar-refractivity contribution in [3.05, 3.63) is 65.2 Å². The van der Waals surface area contributed by atoms with Crippen LogP contribution in [0.4, 0.5) is 8.78 Å². The molecule has 2 aromatic rings. The Balaban J connectivity index is 1.82. The topological polar surface area (TPSA) is 87.0 Å². The average molecular weight is 410 g/mol. The second kappa shape index (κ2) is 9.48. The molecular weight excluding hydrogens is 394 g/mol. The molecule has 0 saturated carbocycles. The van der Waals surface area contributed by atoms with Crippen LogP contribution in [0.2, 0.25) is 0 Å². The lowest BCUT2D eigenvalue weighted by molar-refractivity contribution is 0.0956. The van der Waals surface area contributed by atoms with Gasteiger partial charge in [-0.3, -0.25) is 4.79 Å². The third-order valence-corrected chi connectivity index (χ3v) is 6.01. The zero-order chi connectivity index (χ0) is 19.9. The van der Waals surface area contributed by atoms with Crippen molar-refractivity contribution < 1.29 is 22.0 Å². The van der Waals surface area contributed by atoms with E-state index in [1.165, 1.54) is 12.1 Å². The molecule has 2 aromatic carbocycles. The Morgan fingerprint density at radius 2 is 1.81 bits per heavy atom. The van der Waals surface area contributed by atoms with Crippen molar-refractivity contribution in [2.45, 2.75) is 16.4 Å². The minimum absolute atomic E-state index is 0.183. The number of nitrogens with one attached hydrogen (secondary N) is 1. The van der Waals surface area contributed by atoms with E-state index >= 15 is 0 Å². The van der Waals surface area contributed by atoms with E-state index in [0.29, 0.717) is 23.6 Å². The lowest BCUT2D eigenvalue weighted by Gasteiger charge is -2.07. The number of nitriles is 1. The Hall–Kier alpha value is -2.44. The molecule has 0 aliphatic carbocycles. The number of hydrogen-bond acceptors (Lipinski definition) is 5. The number of alkyl halides is 2. The lowest BCUT2D eigenvalue weighted by atomic mass is 10.1. The summed E-state index contributed by atoms with van der Waals surface area (Å²) in [5.41, 5.74) is 1.73. The van der Waals surface area contributed by atoms with Crippen LogP contribution in [-0.2, 0) is 15.6 Å². The summed E-state index contributed by atoms with van der Waals surface area (Å²) in [6.07, 6.45) is 0. The number of thioether (sulfide) groups is 1. The second-order valence-electron chi connectivity index (χ2n) is 5.41. The van der Waals surface area contributed by atoms with Crippen LogP contribution in [-0.4, -0.2) is 32.4 Å². The molecule has 0 spiro atoms. The number of nitrogens with zero attached hydrogens (tertiary/aromatic N) is 1. The van der Waals surface area contributed by atoms with E-state index < -0.39 is 26.4 Å². The zero-order valence-corrected chi connectivity index (χ0v) is 15.7. The smallest absolute Gasteiger partial charge is 0.341 e. The molecule has 0 heterocycles. The molecule has 1 amide bonds. The maximum atomic E-state index is 12.5. The first-order chi connectivity index (χ1) is 12.9. The summed E-state index contributed by atoms with van der Waals surface area (Å²) in [5.74, 6) is -2.67. The van der Waals surface area contributed by atoms with E-state index in [-0.39, 0.29) is 5.56 Å². The Kier molecular flexibility index (Phi) is 7.33. The minimum Gasteiger partial charge on any atom is -0.351 e. The van der Waals surface area contributed by atoms with E-state index in [4.69, 9.17) is 5.26 Å². The van der Waals surface area contributed by atoms with Crippen molar-refractivity contribution in [3.63, 3.8) is 0 Å². The Bertz CT molecular complexity index is 940. The molecular formula is C18H16F2N2O3S2. The highest BCUT2D eigenvalue weighted by Crippen LogP contribution is 2.19. The highest BCUT2D eigenvalue weighted by Gasteiger charge is 2.26. The van der Waals surface area contributed by atoms with Gasteiger partial charge < -0.3 is 5.32 Å². The fourth-order valence-corrected chi connectivity index (χ4v) is 3.76. The Morgan fingerprint density at radius 3 is 2.44 bits per heavy atom. The molecule has 0 atom stereocenters. The molecule has 0 aliphatic heterocycles. The van der Waals surface area contributed by atoms with Gasteiger partial charge in [0.15, 0.2) is 0 Å². The van der Waals surface area contributed by atoms with Gasteiger partial charge in [0, 0.05) is 23.6 Å².